The molecule has 0 saturated heterocycles. The second-order valence-electron chi connectivity index (χ2n) is 8.05. The van der Waals surface area contributed by atoms with Crippen molar-refractivity contribution in [2.75, 3.05) is 20.2 Å². The van der Waals surface area contributed by atoms with Gasteiger partial charge in [0.25, 0.3) is 11.8 Å². The van der Waals surface area contributed by atoms with Crippen molar-refractivity contribution in [3.63, 3.8) is 0 Å². The predicted molar refractivity (Wildman–Crippen MR) is 119 cm³/mol. The summed E-state index contributed by atoms with van der Waals surface area (Å²) in [7, 11) is 1.86. The molecule has 2 aromatic rings. The second kappa shape index (κ2) is 9.26. The van der Waals surface area contributed by atoms with Crippen molar-refractivity contribution in [2.45, 2.75) is 40.3 Å². The Morgan fingerprint density at radius 3 is 2.30 bits per heavy atom. The first kappa shape index (κ1) is 21.8. The lowest BCUT2D eigenvalue weighted by Crippen LogP contribution is -2.37. The number of hydrogen-bond donors (Lipinski definition) is 0. The third-order valence-electron chi connectivity index (χ3n) is 5.35. The lowest BCUT2D eigenvalue weighted by Gasteiger charge is -2.22. The van der Waals surface area contributed by atoms with Gasteiger partial charge in [0.1, 0.15) is 5.70 Å². The molecule has 0 fully saturated rings. The van der Waals surface area contributed by atoms with Crippen molar-refractivity contribution in [1.82, 2.24) is 9.80 Å². The maximum Gasteiger partial charge on any atom is 0.277 e. The minimum Gasteiger partial charge on any atom is -0.377 e. The number of likely N-dealkylation sites (N-methyl/N-ethyl adjacent to an activating group) is 1. The molecule has 0 saturated carbocycles. The van der Waals surface area contributed by atoms with E-state index in [1.807, 2.05) is 88.2 Å². The van der Waals surface area contributed by atoms with E-state index in [0.717, 1.165) is 22.3 Å². The number of ether oxygens (including phenoxy) is 1. The van der Waals surface area contributed by atoms with Gasteiger partial charge in [-0.25, -0.2) is 0 Å². The van der Waals surface area contributed by atoms with Crippen LogP contribution >= 0.6 is 0 Å². The van der Waals surface area contributed by atoms with Crippen LogP contribution in [0.1, 0.15) is 36.1 Å². The molecule has 5 heteroatoms. The number of hydrogen-bond acceptors (Lipinski definition) is 4. The van der Waals surface area contributed by atoms with Crippen LogP contribution in [0.4, 0.5) is 0 Å². The lowest BCUT2D eigenvalue weighted by atomic mass is 9.99. The van der Waals surface area contributed by atoms with Crippen LogP contribution < -0.4 is 0 Å². The zero-order chi connectivity index (χ0) is 21.8. The first-order chi connectivity index (χ1) is 14.3. The van der Waals surface area contributed by atoms with Crippen LogP contribution in [0.25, 0.3) is 5.57 Å². The van der Waals surface area contributed by atoms with Crippen LogP contribution in [0.2, 0.25) is 0 Å². The summed E-state index contributed by atoms with van der Waals surface area (Å²) in [6, 6.07) is 15.8. The second-order valence-corrected chi connectivity index (χ2v) is 8.05. The maximum absolute atomic E-state index is 13.3. The Labute approximate surface area is 178 Å². The van der Waals surface area contributed by atoms with Gasteiger partial charge in [-0.1, -0.05) is 48.5 Å². The topological polar surface area (TPSA) is 49.9 Å². The van der Waals surface area contributed by atoms with Crippen molar-refractivity contribution < 1.29 is 14.3 Å². The monoisotopic (exact) mass is 406 g/mol. The molecule has 158 valence electrons. The third-order valence-corrected chi connectivity index (χ3v) is 5.35. The van der Waals surface area contributed by atoms with E-state index in [9.17, 15) is 9.59 Å². The Morgan fingerprint density at radius 2 is 1.67 bits per heavy atom. The number of imide groups is 1. The van der Waals surface area contributed by atoms with Gasteiger partial charge in [0.15, 0.2) is 0 Å². The highest BCUT2D eigenvalue weighted by molar-refractivity contribution is 6.35. The molecule has 5 nitrogen and oxygen atoms in total. The van der Waals surface area contributed by atoms with E-state index in [-0.39, 0.29) is 24.5 Å². The van der Waals surface area contributed by atoms with Crippen LogP contribution in [-0.4, -0.2) is 47.9 Å². The van der Waals surface area contributed by atoms with Crippen molar-refractivity contribution in [2.24, 2.45) is 0 Å². The van der Waals surface area contributed by atoms with Gasteiger partial charge in [-0.3, -0.25) is 14.5 Å². The van der Waals surface area contributed by atoms with Crippen LogP contribution in [0.3, 0.4) is 0 Å². The highest BCUT2D eigenvalue weighted by Gasteiger charge is 2.40. The fraction of sp³-hybridized carbons (Fsp3) is 0.360. The molecular formula is C25H30N2O3. The molecule has 0 unspecified atom stereocenters. The van der Waals surface area contributed by atoms with Crippen molar-refractivity contribution >= 4 is 17.4 Å². The van der Waals surface area contributed by atoms with E-state index >= 15 is 0 Å². The molecule has 0 atom stereocenters. The number of rotatable bonds is 8. The van der Waals surface area contributed by atoms with Gasteiger partial charge in [0.2, 0.25) is 0 Å². The summed E-state index contributed by atoms with van der Waals surface area (Å²) >= 11 is 0. The van der Waals surface area contributed by atoms with E-state index < -0.39 is 0 Å². The molecular weight excluding hydrogens is 376 g/mol. The molecule has 0 radical (unpaired) electrons. The highest BCUT2D eigenvalue weighted by Crippen LogP contribution is 2.32. The lowest BCUT2D eigenvalue weighted by molar-refractivity contribution is -0.138. The minimum absolute atomic E-state index is 0.0465. The van der Waals surface area contributed by atoms with E-state index in [2.05, 4.69) is 0 Å². The molecule has 1 heterocycles. The summed E-state index contributed by atoms with van der Waals surface area (Å²) in [5, 5.41) is 0. The molecule has 1 aliphatic rings. The Bertz CT molecular complexity index is 964. The molecule has 3 rings (SSSR count). The van der Waals surface area contributed by atoms with Crippen LogP contribution in [0.5, 0.6) is 0 Å². The van der Waals surface area contributed by atoms with Crippen LogP contribution in [0, 0.1) is 13.8 Å². The Hall–Kier alpha value is -2.92. The largest absolute Gasteiger partial charge is 0.377 e. The standard InChI is InChI=1S/C25H30N2O3/c1-17(2)30-14-13-27-24(28)22(21-12-11-18(3)19(4)15-21)23(25(27)29)26(5)16-20-9-7-6-8-10-20/h6-12,15,17H,13-14,16H2,1-5H3. The van der Waals surface area contributed by atoms with Gasteiger partial charge >= 0.3 is 0 Å². The highest BCUT2D eigenvalue weighted by atomic mass is 16.5. The van der Waals surface area contributed by atoms with E-state index in [1.165, 1.54) is 4.90 Å². The average molecular weight is 407 g/mol. The quantitative estimate of drug-likeness (QED) is 0.623. The maximum atomic E-state index is 13.3. The van der Waals surface area contributed by atoms with Crippen molar-refractivity contribution in [3.05, 3.63) is 76.5 Å². The van der Waals surface area contributed by atoms with E-state index in [0.29, 0.717) is 24.4 Å². The first-order valence-corrected chi connectivity index (χ1v) is 10.3. The molecule has 0 aromatic heterocycles. The Balaban J connectivity index is 1.98. The summed E-state index contributed by atoms with van der Waals surface area (Å²) < 4.78 is 5.59. The molecule has 2 aromatic carbocycles. The fourth-order valence-corrected chi connectivity index (χ4v) is 3.59. The van der Waals surface area contributed by atoms with Crippen LogP contribution in [0.15, 0.2) is 54.2 Å². The minimum atomic E-state index is -0.265. The van der Waals surface area contributed by atoms with Gasteiger partial charge in [0, 0.05) is 13.6 Å². The molecule has 0 aliphatic carbocycles. The molecule has 0 spiro atoms. The number of carbonyl (C=O) groups is 2. The Morgan fingerprint density at radius 1 is 0.967 bits per heavy atom. The molecule has 0 bridgehead atoms. The smallest absolute Gasteiger partial charge is 0.277 e. The fourth-order valence-electron chi connectivity index (χ4n) is 3.59. The molecule has 1 aliphatic heterocycles. The summed E-state index contributed by atoms with van der Waals surface area (Å²) in [5.74, 6) is -0.524. The first-order valence-electron chi connectivity index (χ1n) is 10.3. The molecule has 30 heavy (non-hydrogen) atoms. The zero-order valence-corrected chi connectivity index (χ0v) is 18.4. The number of benzene rings is 2. The number of carbonyl (C=O) groups excluding carboxylic acids is 2. The summed E-state index contributed by atoms with van der Waals surface area (Å²) in [5.41, 5.74) is 5.00. The van der Waals surface area contributed by atoms with E-state index in [4.69, 9.17) is 4.74 Å². The summed E-state index contributed by atoms with van der Waals surface area (Å²) in [6.07, 6.45) is 0.0465. The Kier molecular flexibility index (Phi) is 6.73. The van der Waals surface area contributed by atoms with Crippen LogP contribution in [-0.2, 0) is 20.9 Å². The normalized spacial score (nSPS) is 14.3. The summed E-state index contributed by atoms with van der Waals surface area (Å²) in [4.78, 5) is 29.8. The van der Waals surface area contributed by atoms with Crippen molar-refractivity contribution in [3.8, 4) is 0 Å². The molecule has 0 N–H and O–H groups in total. The number of aryl methyl sites for hydroxylation is 2. The van der Waals surface area contributed by atoms with Gasteiger partial charge in [0.05, 0.1) is 24.8 Å². The summed E-state index contributed by atoms with van der Waals surface area (Å²) in [6.45, 7) is 9.03. The van der Waals surface area contributed by atoms with Gasteiger partial charge in [-0.05, 0) is 49.9 Å². The number of nitrogens with zero attached hydrogens (tertiary/aromatic N) is 2. The predicted octanol–water partition coefficient (Wildman–Crippen LogP) is 3.94. The van der Waals surface area contributed by atoms with Crippen molar-refractivity contribution in [1.29, 1.82) is 0 Å². The molecule has 2 amide bonds. The average Bonchev–Trinajstić information content (AvgIpc) is 2.95. The van der Waals surface area contributed by atoms with E-state index in [1.54, 1.807) is 0 Å². The SMILES string of the molecule is Cc1ccc(C2=C(N(C)Cc3ccccc3)C(=O)N(CCOC(C)C)C2=O)cc1C. The van der Waals surface area contributed by atoms with Gasteiger partial charge in [-0.15, -0.1) is 0 Å². The van der Waals surface area contributed by atoms with Gasteiger partial charge < -0.3 is 9.64 Å². The zero-order valence-electron chi connectivity index (χ0n) is 18.4. The number of amides is 2. The van der Waals surface area contributed by atoms with Gasteiger partial charge in [-0.2, -0.15) is 0 Å². The third kappa shape index (κ3) is 4.62.